The maximum absolute atomic E-state index is 12.1. The van der Waals surface area contributed by atoms with E-state index in [2.05, 4.69) is 15.4 Å². The van der Waals surface area contributed by atoms with Crippen LogP contribution in [0.15, 0.2) is 24.3 Å². The third-order valence-electron chi connectivity index (χ3n) is 3.29. The van der Waals surface area contributed by atoms with Gasteiger partial charge >= 0.3 is 0 Å². The van der Waals surface area contributed by atoms with E-state index >= 15 is 0 Å². The molecule has 23 heavy (non-hydrogen) atoms. The quantitative estimate of drug-likeness (QED) is 0.625. The molecule has 3 N–H and O–H groups in total. The number of carbonyl (C=O) groups is 1. The van der Waals surface area contributed by atoms with Crippen LogP contribution in [0.4, 0.5) is 0 Å². The molecule has 1 atom stereocenters. The minimum atomic E-state index is -3.39. The zero-order valence-corrected chi connectivity index (χ0v) is 15.0. The maximum atomic E-state index is 12.1. The molecule has 1 amide bonds. The molecule has 1 unspecified atom stereocenters. The highest BCUT2D eigenvalue weighted by molar-refractivity contribution is 7.88. The predicted octanol–water partition coefficient (Wildman–Crippen LogP) is 0.986. The van der Waals surface area contributed by atoms with Crippen LogP contribution < -0.4 is 15.4 Å². The Labute approximate surface area is 139 Å². The van der Waals surface area contributed by atoms with E-state index in [0.717, 1.165) is 5.56 Å². The first-order valence-corrected chi connectivity index (χ1v) is 9.39. The highest BCUT2D eigenvalue weighted by atomic mass is 32.2. The minimum Gasteiger partial charge on any atom is -0.352 e. The Morgan fingerprint density at radius 1 is 1.13 bits per heavy atom. The van der Waals surface area contributed by atoms with Gasteiger partial charge in [-0.3, -0.25) is 4.79 Å². The summed E-state index contributed by atoms with van der Waals surface area (Å²) in [6.45, 7) is 6.33. The van der Waals surface area contributed by atoms with Gasteiger partial charge in [-0.15, -0.1) is 0 Å². The van der Waals surface area contributed by atoms with E-state index in [1.165, 1.54) is 0 Å². The second-order valence-corrected chi connectivity index (χ2v) is 7.73. The van der Waals surface area contributed by atoms with Gasteiger partial charge in [0, 0.05) is 25.0 Å². The van der Waals surface area contributed by atoms with E-state index in [4.69, 9.17) is 0 Å². The summed E-state index contributed by atoms with van der Waals surface area (Å²) >= 11 is 0. The van der Waals surface area contributed by atoms with Gasteiger partial charge in [0.1, 0.15) is 0 Å². The second-order valence-electron chi connectivity index (χ2n) is 5.98. The first kappa shape index (κ1) is 19.6. The van der Waals surface area contributed by atoms with Gasteiger partial charge in [-0.25, -0.2) is 13.1 Å². The van der Waals surface area contributed by atoms with E-state index < -0.39 is 10.0 Å². The molecule has 1 rings (SSSR count). The summed E-state index contributed by atoms with van der Waals surface area (Å²) in [6.07, 6.45) is 0. The molecule has 7 heteroatoms. The predicted molar refractivity (Wildman–Crippen MR) is 92.3 cm³/mol. The summed E-state index contributed by atoms with van der Waals surface area (Å²) in [5.74, 6) is -0.292. The number of hydrogen-bond acceptors (Lipinski definition) is 4. The Morgan fingerprint density at radius 2 is 1.74 bits per heavy atom. The summed E-state index contributed by atoms with van der Waals surface area (Å²) in [4.78, 5) is 12.0. The van der Waals surface area contributed by atoms with Gasteiger partial charge in [0.15, 0.2) is 0 Å². The van der Waals surface area contributed by atoms with Gasteiger partial charge in [-0.05, 0) is 32.0 Å². The molecule has 1 aromatic carbocycles. The monoisotopic (exact) mass is 341 g/mol. The van der Waals surface area contributed by atoms with Crippen LogP contribution in [-0.2, 0) is 27.1 Å². The number of amides is 1. The summed E-state index contributed by atoms with van der Waals surface area (Å²) in [5.41, 5.74) is 1.51. The Balaban J connectivity index is 2.76. The summed E-state index contributed by atoms with van der Waals surface area (Å²) in [7, 11) is -1.60. The molecule has 0 saturated heterocycles. The van der Waals surface area contributed by atoms with Crippen LogP contribution in [0, 0.1) is 5.92 Å². The Bertz CT molecular complexity index is 615. The van der Waals surface area contributed by atoms with Crippen LogP contribution >= 0.6 is 0 Å². The standard InChI is InChI=1S/C16H27N3O3S/c1-12(2)19-23(21,22)11-15-8-6-5-7-14(15)10-18-16(20)13(3)9-17-4/h5-8,12-13,17,19H,9-11H2,1-4H3,(H,18,20). The fraction of sp³-hybridized carbons (Fsp3) is 0.562. The molecule has 0 fully saturated rings. The smallest absolute Gasteiger partial charge is 0.224 e. The lowest BCUT2D eigenvalue weighted by Gasteiger charge is -2.15. The highest BCUT2D eigenvalue weighted by Crippen LogP contribution is 2.12. The average Bonchev–Trinajstić information content (AvgIpc) is 2.44. The topological polar surface area (TPSA) is 87.3 Å². The van der Waals surface area contributed by atoms with Crippen molar-refractivity contribution in [2.24, 2.45) is 5.92 Å². The molecule has 130 valence electrons. The van der Waals surface area contributed by atoms with E-state index in [1.54, 1.807) is 33.0 Å². The van der Waals surface area contributed by atoms with E-state index in [0.29, 0.717) is 18.7 Å². The molecule has 0 aliphatic carbocycles. The van der Waals surface area contributed by atoms with Crippen molar-refractivity contribution >= 4 is 15.9 Å². The second kappa shape index (κ2) is 9.00. The molecule has 0 radical (unpaired) electrons. The molecule has 0 aliphatic rings. The lowest BCUT2D eigenvalue weighted by Crippen LogP contribution is -2.34. The van der Waals surface area contributed by atoms with Gasteiger partial charge in [-0.2, -0.15) is 0 Å². The number of nitrogens with one attached hydrogen (secondary N) is 3. The van der Waals surface area contributed by atoms with Crippen LogP contribution in [0.3, 0.4) is 0 Å². The molecule has 0 saturated carbocycles. The Hall–Kier alpha value is -1.44. The fourth-order valence-corrected chi connectivity index (χ4v) is 3.72. The third kappa shape index (κ3) is 7.11. The Kier molecular flexibility index (Phi) is 7.67. The number of sulfonamides is 1. The van der Waals surface area contributed by atoms with Crippen molar-refractivity contribution in [3.05, 3.63) is 35.4 Å². The maximum Gasteiger partial charge on any atom is 0.224 e. The molecule has 0 aromatic heterocycles. The zero-order valence-electron chi connectivity index (χ0n) is 14.2. The number of rotatable bonds is 9. The molecule has 0 spiro atoms. The van der Waals surface area contributed by atoms with Crippen molar-refractivity contribution in [2.75, 3.05) is 13.6 Å². The molecule has 0 bridgehead atoms. The van der Waals surface area contributed by atoms with Gasteiger partial charge in [0.2, 0.25) is 15.9 Å². The van der Waals surface area contributed by atoms with Gasteiger partial charge in [0.05, 0.1) is 5.75 Å². The molecular formula is C16H27N3O3S. The van der Waals surface area contributed by atoms with Crippen molar-refractivity contribution in [2.45, 2.75) is 39.1 Å². The van der Waals surface area contributed by atoms with Crippen LogP contribution in [0.25, 0.3) is 0 Å². The van der Waals surface area contributed by atoms with Crippen molar-refractivity contribution < 1.29 is 13.2 Å². The number of hydrogen-bond donors (Lipinski definition) is 3. The van der Waals surface area contributed by atoms with Crippen molar-refractivity contribution in [1.29, 1.82) is 0 Å². The van der Waals surface area contributed by atoms with E-state index in [1.807, 2.05) is 19.1 Å². The zero-order chi connectivity index (χ0) is 17.5. The lowest BCUT2D eigenvalue weighted by atomic mass is 10.1. The van der Waals surface area contributed by atoms with Crippen molar-refractivity contribution in [3.63, 3.8) is 0 Å². The summed E-state index contributed by atoms with van der Waals surface area (Å²) in [5, 5.41) is 5.82. The molecular weight excluding hydrogens is 314 g/mol. The SMILES string of the molecule is CNCC(C)C(=O)NCc1ccccc1CS(=O)(=O)NC(C)C. The fourth-order valence-electron chi connectivity index (χ4n) is 2.23. The van der Waals surface area contributed by atoms with Gasteiger partial charge in [0.25, 0.3) is 0 Å². The first-order valence-electron chi connectivity index (χ1n) is 7.74. The van der Waals surface area contributed by atoms with Crippen LogP contribution in [0.5, 0.6) is 0 Å². The summed E-state index contributed by atoms with van der Waals surface area (Å²) in [6, 6.07) is 7.11. The molecule has 1 aromatic rings. The van der Waals surface area contributed by atoms with Gasteiger partial charge in [-0.1, -0.05) is 31.2 Å². The van der Waals surface area contributed by atoms with Crippen LogP contribution in [0.2, 0.25) is 0 Å². The average molecular weight is 341 g/mol. The minimum absolute atomic E-state index is 0.0580. The largest absolute Gasteiger partial charge is 0.352 e. The number of benzene rings is 1. The van der Waals surface area contributed by atoms with Gasteiger partial charge < -0.3 is 10.6 Å². The normalized spacial score (nSPS) is 13.1. The molecule has 0 aliphatic heterocycles. The third-order valence-corrected chi connectivity index (χ3v) is 4.81. The highest BCUT2D eigenvalue weighted by Gasteiger charge is 2.16. The summed E-state index contributed by atoms with van der Waals surface area (Å²) < 4.78 is 26.7. The molecule has 6 nitrogen and oxygen atoms in total. The van der Waals surface area contributed by atoms with Crippen LogP contribution in [-0.4, -0.2) is 34.0 Å². The van der Waals surface area contributed by atoms with Crippen molar-refractivity contribution in [3.8, 4) is 0 Å². The van der Waals surface area contributed by atoms with E-state index in [-0.39, 0.29) is 23.6 Å². The lowest BCUT2D eigenvalue weighted by molar-refractivity contribution is -0.124. The molecule has 0 heterocycles. The number of carbonyl (C=O) groups excluding carboxylic acids is 1. The van der Waals surface area contributed by atoms with E-state index in [9.17, 15) is 13.2 Å². The van der Waals surface area contributed by atoms with Crippen molar-refractivity contribution in [1.82, 2.24) is 15.4 Å². The Morgan fingerprint density at radius 3 is 2.30 bits per heavy atom. The van der Waals surface area contributed by atoms with Crippen LogP contribution in [0.1, 0.15) is 31.9 Å². The first-order chi connectivity index (χ1) is 10.7.